The first-order valence-electron chi connectivity index (χ1n) is 7.88. The van der Waals surface area contributed by atoms with Gasteiger partial charge < -0.3 is 5.73 Å². The molecule has 1 heterocycles. The van der Waals surface area contributed by atoms with Gasteiger partial charge in [0.05, 0.1) is 0 Å². The zero-order valence-corrected chi connectivity index (χ0v) is 14.6. The van der Waals surface area contributed by atoms with E-state index < -0.39 is 0 Å². The SMILES string of the molecule is CCN(Nc1nnc(-c2ccccc2)c(-c2ccccc2)n1)C(N)=S. The van der Waals surface area contributed by atoms with E-state index in [9.17, 15) is 0 Å². The van der Waals surface area contributed by atoms with Gasteiger partial charge in [-0.3, -0.25) is 10.4 Å². The third kappa shape index (κ3) is 3.89. The van der Waals surface area contributed by atoms with Gasteiger partial charge in [-0.2, -0.15) is 0 Å². The predicted octanol–water partition coefficient (Wildman–Crippen LogP) is 3.10. The molecule has 126 valence electrons. The van der Waals surface area contributed by atoms with Crippen molar-refractivity contribution in [2.75, 3.05) is 12.0 Å². The van der Waals surface area contributed by atoms with Crippen molar-refractivity contribution in [3.8, 4) is 22.5 Å². The average Bonchev–Trinajstić information content (AvgIpc) is 2.67. The zero-order chi connectivity index (χ0) is 17.6. The molecule has 0 aliphatic heterocycles. The lowest BCUT2D eigenvalue weighted by atomic mass is 10.0. The molecule has 2 aromatic carbocycles. The number of anilines is 1. The normalized spacial score (nSPS) is 10.3. The van der Waals surface area contributed by atoms with Crippen molar-refractivity contribution in [2.45, 2.75) is 6.92 Å². The molecular formula is C18H18N6S. The first-order valence-corrected chi connectivity index (χ1v) is 8.29. The van der Waals surface area contributed by atoms with E-state index in [-0.39, 0.29) is 5.11 Å². The molecule has 3 N–H and O–H groups in total. The number of hydrogen-bond acceptors (Lipinski definition) is 5. The molecule has 0 aliphatic rings. The highest BCUT2D eigenvalue weighted by molar-refractivity contribution is 7.80. The molecule has 0 spiro atoms. The van der Waals surface area contributed by atoms with E-state index in [0.717, 1.165) is 22.5 Å². The van der Waals surface area contributed by atoms with Gasteiger partial charge in [-0.25, -0.2) is 4.98 Å². The molecule has 0 amide bonds. The van der Waals surface area contributed by atoms with Crippen molar-refractivity contribution < 1.29 is 0 Å². The number of hydrazine groups is 1. The second-order valence-electron chi connectivity index (χ2n) is 5.26. The maximum Gasteiger partial charge on any atom is 0.262 e. The molecule has 0 fully saturated rings. The van der Waals surface area contributed by atoms with Crippen molar-refractivity contribution in [3.63, 3.8) is 0 Å². The highest BCUT2D eigenvalue weighted by atomic mass is 32.1. The van der Waals surface area contributed by atoms with Crippen LogP contribution < -0.4 is 11.2 Å². The van der Waals surface area contributed by atoms with E-state index in [2.05, 4.69) is 20.6 Å². The van der Waals surface area contributed by atoms with Crippen LogP contribution in [-0.2, 0) is 0 Å². The molecule has 0 saturated carbocycles. The molecule has 0 aliphatic carbocycles. The molecule has 0 saturated heterocycles. The fraction of sp³-hybridized carbons (Fsp3) is 0.111. The largest absolute Gasteiger partial charge is 0.375 e. The molecule has 0 atom stereocenters. The van der Waals surface area contributed by atoms with Crippen molar-refractivity contribution in [1.82, 2.24) is 20.2 Å². The third-order valence-corrected chi connectivity index (χ3v) is 3.82. The Bertz CT molecular complexity index is 854. The van der Waals surface area contributed by atoms with Gasteiger partial charge in [0, 0.05) is 17.7 Å². The van der Waals surface area contributed by atoms with E-state index in [1.54, 1.807) is 5.01 Å². The summed E-state index contributed by atoms with van der Waals surface area (Å²) >= 11 is 5.01. The molecule has 3 aromatic rings. The maximum absolute atomic E-state index is 5.68. The molecule has 1 aromatic heterocycles. The summed E-state index contributed by atoms with van der Waals surface area (Å²) < 4.78 is 0. The molecule has 7 heteroatoms. The van der Waals surface area contributed by atoms with Crippen LogP contribution in [0.2, 0.25) is 0 Å². The summed E-state index contributed by atoms with van der Waals surface area (Å²) in [5, 5.41) is 10.4. The molecule has 0 radical (unpaired) electrons. The van der Waals surface area contributed by atoms with Gasteiger partial charge in [-0.05, 0) is 19.1 Å². The Labute approximate surface area is 151 Å². The summed E-state index contributed by atoms with van der Waals surface area (Å²) in [7, 11) is 0. The van der Waals surface area contributed by atoms with Gasteiger partial charge in [0.25, 0.3) is 5.95 Å². The molecule has 25 heavy (non-hydrogen) atoms. The number of aromatic nitrogens is 3. The Kier molecular flexibility index (Phi) is 5.15. The number of nitrogens with one attached hydrogen (secondary N) is 1. The fourth-order valence-corrected chi connectivity index (χ4v) is 2.55. The van der Waals surface area contributed by atoms with E-state index >= 15 is 0 Å². The Balaban J connectivity index is 2.07. The van der Waals surface area contributed by atoms with Crippen molar-refractivity contribution in [1.29, 1.82) is 0 Å². The van der Waals surface area contributed by atoms with Crippen LogP contribution in [0.4, 0.5) is 5.95 Å². The number of nitrogens with two attached hydrogens (primary N) is 1. The van der Waals surface area contributed by atoms with Crippen LogP contribution in [0, 0.1) is 0 Å². The van der Waals surface area contributed by atoms with Crippen LogP contribution in [0.15, 0.2) is 60.7 Å². The summed E-state index contributed by atoms with van der Waals surface area (Å²) in [6, 6.07) is 19.7. The Morgan fingerprint density at radius 2 is 1.52 bits per heavy atom. The Morgan fingerprint density at radius 3 is 2.04 bits per heavy atom. The van der Waals surface area contributed by atoms with Gasteiger partial charge in [-0.15, -0.1) is 10.2 Å². The maximum atomic E-state index is 5.68. The van der Waals surface area contributed by atoms with Gasteiger partial charge in [0.1, 0.15) is 11.4 Å². The molecule has 0 bridgehead atoms. The lowest BCUT2D eigenvalue weighted by Gasteiger charge is -2.21. The van der Waals surface area contributed by atoms with Crippen LogP contribution in [0.5, 0.6) is 0 Å². The molecular weight excluding hydrogens is 332 g/mol. The topological polar surface area (TPSA) is 80.0 Å². The number of rotatable bonds is 5. The molecule has 6 nitrogen and oxygen atoms in total. The second kappa shape index (κ2) is 7.67. The monoisotopic (exact) mass is 350 g/mol. The summed E-state index contributed by atoms with van der Waals surface area (Å²) in [5.74, 6) is 0.341. The van der Waals surface area contributed by atoms with Crippen LogP contribution >= 0.6 is 12.2 Å². The van der Waals surface area contributed by atoms with Crippen LogP contribution in [0.25, 0.3) is 22.5 Å². The minimum absolute atomic E-state index is 0.222. The average molecular weight is 350 g/mol. The highest BCUT2D eigenvalue weighted by Crippen LogP contribution is 2.28. The first kappa shape index (κ1) is 16.8. The fourth-order valence-electron chi connectivity index (χ4n) is 2.37. The van der Waals surface area contributed by atoms with Gasteiger partial charge in [-0.1, -0.05) is 60.7 Å². The van der Waals surface area contributed by atoms with Crippen LogP contribution in [0.1, 0.15) is 6.92 Å². The smallest absolute Gasteiger partial charge is 0.262 e. The summed E-state index contributed by atoms with van der Waals surface area (Å²) in [5.41, 5.74) is 12.1. The third-order valence-electron chi connectivity index (χ3n) is 3.60. The zero-order valence-electron chi connectivity index (χ0n) is 13.8. The van der Waals surface area contributed by atoms with Crippen LogP contribution in [0.3, 0.4) is 0 Å². The molecule has 3 rings (SSSR count). The minimum atomic E-state index is 0.222. The van der Waals surface area contributed by atoms with Crippen LogP contribution in [-0.4, -0.2) is 31.8 Å². The van der Waals surface area contributed by atoms with Gasteiger partial charge in [0.2, 0.25) is 0 Å². The van der Waals surface area contributed by atoms with Crippen molar-refractivity contribution in [3.05, 3.63) is 60.7 Å². The second-order valence-corrected chi connectivity index (χ2v) is 5.68. The quantitative estimate of drug-likeness (QED) is 0.540. The lowest BCUT2D eigenvalue weighted by Crippen LogP contribution is -2.40. The highest BCUT2D eigenvalue weighted by Gasteiger charge is 2.14. The van der Waals surface area contributed by atoms with E-state index in [4.69, 9.17) is 18.0 Å². The Hall–Kier alpha value is -3.06. The summed E-state index contributed by atoms with van der Waals surface area (Å²) in [6.07, 6.45) is 0. The van der Waals surface area contributed by atoms with Crippen molar-refractivity contribution >= 4 is 23.3 Å². The predicted molar refractivity (Wildman–Crippen MR) is 103 cm³/mol. The summed E-state index contributed by atoms with van der Waals surface area (Å²) in [6.45, 7) is 2.51. The number of hydrogen-bond donors (Lipinski definition) is 2. The number of thiocarbonyl (C=S) groups is 1. The number of nitrogens with zero attached hydrogens (tertiary/aromatic N) is 4. The Morgan fingerprint density at radius 1 is 0.960 bits per heavy atom. The minimum Gasteiger partial charge on any atom is -0.375 e. The van der Waals surface area contributed by atoms with E-state index in [1.807, 2.05) is 67.6 Å². The van der Waals surface area contributed by atoms with E-state index in [0.29, 0.717) is 12.5 Å². The number of benzene rings is 2. The summed E-state index contributed by atoms with van der Waals surface area (Å²) in [4.78, 5) is 4.65. The standard InChI is InChI=1S/C18H18N6S/c1-2-24(17(19)25)23-18-20-15(13-9-5-3-6-10-13)16(21-22-18)14-11-7-4-8-12-14/h3-12H,2H2,1H3,(H2,19,25)(H,20,22,23). The van der Waals surface area contributed by atoms with Gasteiger partial charge >= 0.3 is 0 Å². The van der Waals surface area contributed by atoms with E-state index in [1.165, 1.54) is 0 Å². The molecule has 0 unspecified atom stereocenters. The first-order chi connectivity index (χ1) is 12.2. The van der Waals surface area contributed by atoms with Gasteiger partial charge in [0.15, 0.2) is 5.11 Å². The van der Waals surface area contributed by atoms with Crippen molar-refractivity contribution in [2.24, 2.45) is 5.73 Å². The lowest BCUT2D eigenvalue weighted by molar-refractivity contribution is 0.521.